The summed E-state index contributed by atoms with van der Waals surface area (Å²) in [6.45, 7) is 4.23. The van der Waals surface area contributed by atoms with Crippen LogP contribution in [0.15, 0.2) is 52.3 Å². The lowest BCUT2D eigenvalue weighted by molar-refractivity contribution is 1.29. The fraction of sp³-hybridized carbons (Fsp3) is 0.143. The molecule has 1 nitrogen and oxygen atoms in total. The first-order valence-corrected chi connectivity index (χ1v) is 6.07. The first-order valence-electron chi connectivity index (χ1n) is 5.26. The van der Waals surface area contributed by atoms with Crippen LogP contribution in [0.4, 0.5) is 5.69 Å². The molecule has 0 fully saturated rings. The van der Waals surface area contributed by atoms with E-state index in [1.807, 2.05) is 18.2 Å². The highest BCUT2D eigenvalue weighted by Gasteiger charge is 2.02. The number of benzene rings is 2. The molecule has 0 aliphatic carbocycles. The lowest BCUT2D eigenvalue weighted by atomic mass is 10.2. The lowest BCUT2D eigenvalue weighted by Gasteiger charge is -2.06. The largest absolute Gasteiger partial charge is 0.398 e. The Bertz CT molecular complexity index is 486. The average molecular weight is 229 g/mol. The van der Waals surface area contributed by atoms with Gasteiger partial charge in [0, 0.05) is 15.5 Å². The molecule has 82 valence electrons. The lowest BCUT2D eigenvalue weighted by Crippen LogP contribution is -1.87. The van der Waals surface area contributed by atoms with Gasteiger partial charge in [-0.25, -0.2) is 0 Å². The van der Waals surface area contributed by atoms with Crippen LogP contribution in [-0.2, 0) is 0 Å². The van der Waals surface area contributed by atoms with Crippen LogP contribution in [0.2, 0.25) is 0 Å². The zero-order valence-electron chi connectivity index (χ0n) is 9.53. The van der Waals surface area contributed by atoms with Gasteiger partial charge < -0.3 is 5.73 Å². The maximum Gasteiger partial charge on any atom is 0.0455 e. The van der Waals surface area contributed by atoms with Crippen molar-refractivity contribution in [2.75, 3.05) is 5.73 Å². The molecule has 0 heterocycles. The van der Waals surface area contributed by atoms with Crippen LogP contribution >= 0.6 is 11.8 Å². The molecule has 0 radical (unpaired) electrons. The Hall–Kier alpha value is -1.41. The van der Waals surface area contributed by atoms with E-state index in [-0.39, 0.29) is 0 Å². The molecule has 2 rings (SSSR count). The minimum atomic E-state index is 0.839. The highest BCUT2D eigenvalue weighted by Crippen LogP contribution is 2.32. The highest BCUT2D eigenvalue weighted by atomic mass is 32.2. The van der Waals surface area contributed by atoms with Crippen LogP contribution in [-0.4, -0.2) is 0 Å². The molecular formula is C14H15NS. The Labute approximate surface area is 101 Å². The standard InChI is InChI=1S/C14H15NS/c1-10-7-11(2)9-12(8-10)16-14-6-4-3-5-13(14)15/h3-9H,15H2,1-2H3. The summed E-state index contributed by atoms with van der Waals surface area (Å²) in [5.41, 5.74) is 9.34. The second-order valence-electron chi connectivity index (χ2n) is 3.96. The summed E-state index contributed by atoms with van der Waals surface area (Å²) in [4.78, 5) is 2.36. The molecule has 0 saturated carbocycles. The maximum atomic E-state index is 5.92. The van der Waals surface area contributed by atoms with Gasteiger partial charge in [0.05, 0.1) is 0 Å². The number of anilines is 1. The van der Waals surface area contributed by atoms with Gasteiger partial charge in [0.2, 0.25) is 0 Å². The summed E-state index contributed by atoms with van der Waals surface area (Å²) >= 11 is 1.72. The summed E-state index contributed by atoms with van der Waals surface area (Å²) in [7, 11) is 0. The molecule has 0 aliphatic rings. The van der Waals surface area contributed by atoms with Crippen molar-refractivity contribution in [2.24, 2.45) is 0 Å². The zero-order valence-corrected chi connectivity index (χ0v) is 10.3. The van der Waals surface area contributed by atoms with E-state index in [2.05, 4.69) is 38.1 Å². The van der Waals surface area contributed by atoms with Crippen LogP contribution in [0.3, 0.4) is 0 Å². The highest BCUT2D eigenvalue weighted by molar-refractivity contribution is 7.99. The van der Waals surface area contributed by atoms with Crippen molar-refractivity contribution in [3.8, 4) is 0 Å². The van der Waals surface area contributed by atoms with Crippen LogP contribution in [0.1, 0.15) is 11.1 Å². The van der Waals surface area contributed by atoms with Crippen LogP contribution in [0.25, 0.3) is 0 Å². The van der Waals surface area contributed by atoms with Crippen molar-refractivity contribution in [3.05, 3.63) is 53.6 Å². The third kappa shape index (κ3) is 2.58. The van der Waals surface area contributed by atoms with E-state index in [1.165, 1.54) is 16.0 Å². The minimum absolute atomic E-state index is 0.839. The first kappa shape index (κ1) is 11.1. The van der Waals surface area contributed by atoms with E-state index in [9.17, 15) is 0 Å². The van der Waals surface area contributed by atoms with Crippen LogP contribution < -0.4 is 5.73 Å². The Kier molecular flexibility index (Phi) is 3.20. The third-order valence-electron chi connectivity index (χ3n) is 2.34. The first-order chi connectivity index (χ1) is 7.65. The van der Waals surface area contributed by atoms with Crippen LogP contribution in [0, 0.1) is 13.8 Å². The van der Waals surface area contributed by atoms with Gasteiger partial charge in [-0.15, -0.1) is 0 Å². The van der Waals surface area contributed by atoms with Crippen molar-refractivity contribution in [1.82, 2.24) is 0 Å². The summed E-state index contributed by atoms with van der Waals surface area (Å²) in [5, 5.41) is 0. The van der Waals surface area contributed by atoms with E-state index >= 15 is 0 Å². The average Bonchev–Trinajstić information content (AvgIpc) is 2.20. The van der Waals surface area contributed by atoms with Crippen molar-refractivity contribution >= 4 is 17.4 Å². The molecule has 0 saturated heterocycles. The van der Waals surface area contributed by atoms with Gasteiger partial charge in [0.15, 0.2) is 0 Å². The van der Waals surface area contributed by atoms with Gasteiger partial charge in [-0.05, 0) is 49.2 Å². The Morgan fingerprint density at radius 1 is 0.938 bits per heavy atom. The van der Waals surface area contributed by atoms with Crippen LogP contribution in [0.5, 0.6) is 0 Å². The second kappa shape index (κ2) is 4.62. The number of hydrogen-bond acceptors (Lipinski definition) is 2. The monoisotopic (exact) mass is 229 g/mol. The van der Waals surface area contributed by atoms with E-state index in [1.54, 1.807) is 11.8 Å². The molecule has 0 aliphatic heterocycles. The number of nitrogen functional groups attached to an aromatic ring is 1. The maximum absolute atomic E-state index is 5.92. The summed E-state index contributed by atoms with van der Waals surface area (Å²) < 4.78 is 0. The zero-order chi connectivity index (χ0) is 11.5. The molecule has 16 heavy (non-hydrogen) atoms. The van der Waals surface area contributed by atoms with Gasteiger partial charge in [-0.1, -0.05) is 30.0 Å². The SMILES string of the molecule is Cc1cc(C)cc(Sc2ccccc2N)c1. The van der Waals surface area contributed by atoms with Gasteiger partial charge in [-0.2, -0.15) is 0 Å². The quantitative estimate of drug-likeness (QED) is 0.787. The molecule has 0 aromatic heterocycles. The summed E-state index contributed by atoms with van der Waals surface area (Å²) in [6.07, 6.45) is 0. The Morgan fingerprint density at radius 3 is 2.19 bits per heavy atom. The number of para-hydroxylation sites is 1. The summed E-state index contributed by atoms with van der Waals surface area (Å²) in [6, 6.07) is 14.5. The second-order valence-corrected chi connectivity index (χ2v) is 5.08. The molecule has 0 bridgehead atoms. The number of nitrogens with two attached hydrogens (primary N) is 1. The molecule has 0 spiro atoms. The van der Waals surface area contributed by atoms with Gasteiger partial charge >= 0.3 is 0 Å². The van der Waals surface area contributed by atoms with Gasteiger partial charge in [0.1, 0.15) is 0 Å². The third-order valence-corrected chi connectivity index (χ3v) is 3.41. The molecule has 2 aromatic rings. The van der Waals surface area contributed by atoms with Crippen molar-refractivity contribution < 1.29 is 0 Å². The van der Waals surface area contributed by atoms with E-state index < -0.39 is 0 Å². The Balaban J connectivity index is 2.30. The number of hydrogen-bond donors (Lipinski definition) is 1. The number of rotatable bonds is 2. The minimum Gasteiger partial charge on any atom is -0.398 e. The van der Waals surface area contributed by atoms with Crippen molar-refractivity contribution in [3.63, 3.8) is 0 Å². The number of aryl methyl sites for hydroxylation is 2. The predicted molar refractivity (Wildman–Crippen MR) is 70.9 cm³/mol. The molecule has 0 amide bonds. The molecule has 2 heteroatoms. The molecular weight excluding hydrogens is 214 g/mol. The van der Waals surface area contributed by atoms with E-state index in [0.717, 1.165) is 10.6 Å². The fourth-order valence-corrected chi connectivity index (χ4v) is 2.77. The van der Waals surface area contributed by atoms with E-state index in [4.69, 9.17) is 5.73 Å². The normalized spacial score (nSPS) is 10.4. The van der Waals surface area contributed by atoms with Gasteiger partial charge in [-0.3, -0.25) is 0 Å². The molecule has 2 aromatic carbocycles. The fourth-order valence-electron chi connectivity index (χ4n) is 1.69. The molecule has 0 unspecified atom stereocenters. The van der Waals surface area contributed by atoms with Crippen molar-refractivity contribution in [1.29, 1.82) is 0 Å². The topological polar surface area (TPSA) is 26.0 Å². The Morgan fingerprint density at radius 2 is 1.56 bits per heavy atom. The molecule has 2 N–H and O–H groups in total. The smallest absolute Gasteiger partial charge is 0.0455 e. The van der Waals surface area contributed by atoms with Gasteiger partial charge in [0.25, 0.3) is 0 Å². The van der Waals surface area contributed by atoms with E-state index in [0.29, 0.717) is 0 Å². The van der Waals surface area contributed by atoms with Crippen molar-refractivity contribution in [2.45, 2.75) is 23.6 Å². The summed E-state index contributed by atoms with van der Waals surface area (Å²) in [5.74, 6) is 0. The molecule has 0 atom stereocenters. The predicted octanol–water partition coefficient (Wildman–Crippen LogP) is 4.04.